The van der Waals surface area contributed by atoms with Gasteiger partial charge in [0.05, 0.1) is 22.5 Å². The number of rotatable bonds is 3. The molecule has 0 spiro atoms. The molecule has 6 nitrogen and oxygen atoms in total. The lowest BCUT2D eigenvalue weighted by molar-refractivity contribution is -0.136. The van der Waals surface area contributed by atoms with Gasteiger partial charge in [0.1, 0.15) is 5.75 Å². The number of carboxylic acid groups (broad SMARTS) is 1. The second-order valence-corrected chi connectivity index (χ2v) is 6.57. The minimum atomic E-state index is -1.05. The van der Waals surface area contributed by atoms with Crippen molar-refractivity contribution in [1.29, 1.82) is 0 Å². The number of hydrogen-bond donors (Lipinski definition) is 3. The highest BCUT2D eigenvalue weighted by atomic mass is 35.5. The maximum absolute atomic E-state index is 12.8. The van der Waals surface area contributed by atoms with Crippen LogP contribution in [0.4, 0.5) is 0 Å². The van der Waals surface area contributed by atoms with Gasteiger partial charge in [0.2, 0.25) is 0 Å². The van der Waals surface area contributed by atoms with Crippen molar-refractivity contribution < 1.29 is 24.9 Å². The number of benzene rings is 1. The van der Waals surface area contributed by atoms with E-state index >= 15 is 0 Å². The minimum absolute atomic E-state index is 0.00824. The van der Waals surface area contributed by atoms with Gasteiger partial charge in [-0.25, -0.2) is 0 Å². The third-order valence-corrected chi connectivity index (χ3v) is 4.80. The molecule has 124 valence electrons. The molecule has 0 saturated carbocycles. The van der Waals surface area contributed by atoms with Gasteiger partial charge in [0.25, 0.3) is 5.91 Å². The zero-order valence-electron chi connectivity index (χ0n) is 12.4. The lowest BCUT2D eigenvalue weighted by Crippen LogP contribution is -2.13. The summed E-state index contributed by atoms with van der Waals surface area (Å²) < 4.78 is 1.35. The van der Waals surface area contributed by atoms with Crippen molar-refractivity contribution in [2.24, 2.45) is 0 Å². The topological polar surface area (TPSA) is 99.8 Å². The number of phenols is 1. The summed E-state index contributed by atoms with van der Waals surface area (Å²) in [7, 11) is 0. The Hall–Kier alpha value is -2.51. The van der Waals surface area contributed by atoms with Crippen LogP contribution in [0.5, 0.6) is 10.8 Å². The van der Waals surface area contributed by atoms with Crippen LogP contribution in [0.15, 0.2) is 23.6 Å². The van der Waals surface area contributed by atoms with E-state index in [4.69, 9.17) is 16.7 Å². The third-order valence-electron chi connectivity index (χ3n) is 3.77. The van der Waals surface area contributed by atoms with Crippen molar-refractivity contribution in [3.8, 4) is 10.8 Å². The number of carbonyl (C=O) groups is 2. The van der Waals surface area contributed by atoms with E-state index < -0.39 is 11.9 Å². The van der Waals surface area contributed by atoms with Gasteiger partial charge in [-0.1, -0.05) is 11.6 Å². The van der Waals surface area contributed by atoms with Crippen molar-refractivity contribution in [2.45, 2.75) is 13.3 Å². The predicted molar refractivity (Wildman–Crippen MR) is 90.4 cm³/mol. The number of aromatic hydroxyl groups is 2. The van der Waals surface area contributed by atoms with Crippen LogP contribution in [-0.2, 0) is 11.2 Å². The molecule has 24 heavy (non-hydrogen) atoms. The molecule has 0 aliphatic rings. The van der Waals surface area contributed by atoms with Crippen molar-refractivity contribution in [2.75, 3.05) is 0 Å². The highest BCUT2D eigenvalue weighted by molar-refractivity contribution is 7.12. The highest BCUT2D eigenvalue weighted by Crippen LogP contribution is 2.35. The third kappa shape index (κ3) is 2.61. The SMILES string of the molecule is Cc1c(CC(=O)O)c2cc(O)c(Cl)cc2n1C(=O)c1csc(O)c1. The van der Waals surface area contributed by atoms with E-state index in [-0.39, 0.29) is 27.8 Å². The zero-order valence-corrected chi connectivity index (χ0v) is 14.0. The summed E-state index contributed by atoms with van der Waals surface area (Å²) in [5.74, 6) is -1.65. The number of carbonyl (C=O) groups excluding carboxylic acids is 1. The Kier molecular flexibility index (Phi) is 3.98. The lowest BCUT2D eigenvalue weighted by atomic mass is 10.1. The van der Waals surface area contributed by atoms with Crippen molar-refractivity contribution in [3.63, 3.8) is 0 Å². The van der Waals surface area contributed by atoms with E-state index in [0.717, 1.165) is 11.3 Å². The maximum Gasteiger partial charge on any atom is 0.307 e. The molecule has 0 aliphatic heterocycles. The van der Waals surface area contributed by atoms with Gasteiger partial charge < -0.3 is 15.3 Å². The predicted octanol–water partition coefficient (Wildman–Crippen LogP) is 3.39. The molecule has 8 heteroatoms. The first-order chi connectivity index (χ1) is 11.3. The lowest BCUT2D eigenvalue weighted by Gasteiger charge is -2.06. The van der Waals surface area contributed by atoms with E-state index in [9.17, 15) is 19.8 Å². The Morgan fingerprint density at radius 2 is 1.96 bits per heavy atom. The Labute approximate surface area is 145 Å². The average Bonchev–Trinajstić information content (AvgIpc) is 3.03. The van der Waals surface area contributed by atoms with E-state index in [2.05, 4.69) is 0 Å². The standard InChI is InChI=1S/C16H12ClNO5S/c1-7-9(4-14(20)21)10-3-13(19)11(17)5-12(10)18(7)16(23)8-2-15(22)24-6-8/h2-3,5-6,19,22H,4H2,1H3,(H,20,21). The highest BCUT2D eigenvalue weighted by Gasteiger charge is 2.23. The fraction of sp³-hybridized carbons (Fsp3) is 0.125. The Balaban J connectivity index is 2.30. The van der Waals surface area contributed by atoms with Crippen molar-refractivity contribution >= 4 is 45.7 Å². The number of hydrogen-bond acceptors (Lipinski definition) is 5. The number of fused-ring (bicyclic) bond motifs is 1. The normalized spacial score (nSPS) is 11.1. The van der Waals surface area contributed by atoms with Gasteiger partial charge in [-0.3, -0.25) is 14.2 Å². The fourth-order valence-electron chi connectivity index (χ4n) is 2.69. The summed E-state index contributed by atoms with van der Waals surface area (Å²) in [4.78, 5) is 24.0. The average molecular weight is 366 g/mol. The first kappa shape index (κ1) is 16.4. The summed E-state index contributed by atoms with van der Waals surface area (Å²) in [6.07, 6.45) is -0.293. The number of nitrogens with zero attached hydrogens (tertiary/aromatic N) is 1. The molecule has 2 heterocycles. The van der Waals surface area contributed by atoms with Crippen molar-refractivity contribution in [1.82, 2.24) is 4.57 Å². The summed E-state index contributed by atoms with van der Waals surface area (Å²) >= 11 is 6.98. The van der Waals surface area contributed by atoms with Crippen LogP contribution in [0.3, 0.4) is 0 Å². The summed E-state index contributed by atoms with van der Waals surface area (Å²) in [6.45, 7) is 1.63. The van der Waals surface area contributed by atoms with Gasteiger partial charge in [0.15, 0.2) is 5.06 Å². The second-order valence-electron chi connectivity index (χ2n) is 5.27. The number of thiophene rings is 1. The molecular weight excluding hydrogens is 354 g/mol. The molecule has 3 N–H and O–H groups in total. The molecular formula is C16H12ClNO5S. The quantitative estimate of drug-likeness (QED) is 0.660. The Bertz CT molecular complexity index is 988. The van der Waals surface area contributed by atoms with E-state index in [1.807, 2.05) is 0 Å². The number of carboxylic acids is 1. The first-order valence-electron chi connectivity index (χ1n) is 6.86. The van der Waals surface area contributed by atoms with Gasteiger partial charge in [-0.05, 0) is 24.6 Å². The fourth-order valence-corrected chi connectivity index (χ4v) is 3.46. The van der Waals surface area contributed by atoms with Crippen LogP contribution in [0.25, 0.3) is 10.9 Å². The molecule has 0 radical (unpaired) electrons. The molecule has 0 aliphatic carbocycles. The summed E-state index contributed by atoms with van der Waals surface area (Å²) in [6, 6.07) is 4.13. The zero-order chi connectivity index (χ0) is 17.6. The van der Waals surface area contributed by atoms with Crippen LogP contribution < -0.4 is 0 Å². The van der Waals surface area contributed by atoms with Gasteiger partial charge >= 0.3 is 5.97 Å². The number of aromatic nitrogens is 1. The Morgan fingerprint density at radius 3 is 2.54 bits per heavy atom. The molecule has 3 aromatic rings. The summed E-state index contributed by atoms with van der Waals surface area (Å²) in [5.41, 5.74) is 1.56. The molecule has 0 saturated heterocycles. The molecule has 0 unspecified atom stereocenters. The van der Waals surface area contributed by atoms with Crippen LogP contribution >= 0.6 is 22.9 Å². The molecule has 3 rings (SSSR count). The van der Waals surface area contributed by atoms with Gasteiger partial charge in [-0.15, -0.1) is 11.3 Å². The maximum atomic E-state index is 12.8. The number of phenolic OH excluding ortho intramolecular Hbond substituents is 1. The van der Waals surface area contributed by atoms with Crippen LogP contribution in [0.1, 0.15) is 21.6 Å². The second kappa shape index (κ2) is 5.85. The van der Waals surface area contributed by atoms with Crippen molar-refractivity contribution in [3.05, 3.63) is 45.4 Å². The summed E-state index contributed by atoms with van der Waals surface area (Å²) in [5, 5.41) is 30.5. The largest absolute Gasteiger partial charge is 0.506 e. The molecule has 1 aromatic carbocycles. The number of aliphatic carboxylic acids is 1. The van der Waals surface area contributed by atoms with Crippen LogP contribution in [0.2, 0.25) is 5.02 Å². The van der Waals surface area contributed by atoms with Crippen LogP contribution in [0, 0.1) is 6.92 Å². The van der Waals surface area contributed by atoms with E-state index in [1.165, 1.54) is 28.1 Å². The van der Waals surface area contributed by atoms with Crippen LogP contribution in [-0.4, -0.2) is 31.8 Å². The number of halogens is 1. The monoisotopic (exact) mass is 365 g/mol. The molecule has 0 atom stereocenters. The minimum Gasteiger partial charge on any atom is -0.506 e. The van der Waals surface area contributed by atoms with Gasteiger partial charge in [0, 0.05) is 22.5 Å². The molecule has 0 amide bonds. The molecule has 2 aromatic heterocycles. The molecule has 0 bridgehead atoms. The first-order valence-corrected chi connectivity index (χ1v) is 8.11. The smallest absolute Gasteiger partial charge is 0.307 e. The molecule has 0 fully saturated rings. The Morgan fingerprint density at radius 1 is 1.25 bits per heavy atom. The van der Waals surface area contributed by atoms with Gasteiger partial charge in [-0.2, -0.15) is 0 Å². The van der Waals surface area contributed by atoms with E-state index in [0.29, 0.717) is 22.2 Å². The van der Waals surface area contributed by atoms with E-state index in [1.54, 1.807) is 6.92 Å².